The van der Waals surface area contributed by atoms with Crippen LogP contribution >= 0.6 is 23.1 Å². The van der Waals surface area contributed by atoms with Crippen molar-refractivity contribution in [3.8, 4) is 0 Å². The van der Waals surface area contributed by atoms with Crippen LogP contribution in [0.15, 0.2) is 62.7 Å². The summed E-state index contributed by atoms with van der Waals surface area (Å²) in [4.78, 5) is 25.0. The largest absolute Gasteiger partial charge is 0.467 e. The number of amides is 2. The molecule has 9 nitrogen and oxygen atoms in total. The van der Waals surface area contributed by atoms with Gasteiger partial charge in [0, 0.05) is 17.1 Å². The lowest BCUT2D eigenvalue weighted by Gasteiger charge is -2.27. The van der Waals surface area contributed by atoms with E-state index in [1.54, 1.807) is 19.1 Å². The highest BCUT2D eigenvalue weighted by Crippen LogP contribution is 2.33. The molecule has 3 aromatic rings. The van der Waals surface area contributed by atoms with Crippen LogP contribution in [-0.2, 0) is 16.0 Å². The number of urea groups is 1. The molecule has 1 aliphatic heterocycles. The second kappa shape index (κ2) is 10.5. The Bertz CT molecular complexity index is 1160. The Hall–Kier alpha value is -3.31. The number of para-hydroxylation sites is 1. The zero-order valence-corrected chi connectivity index (χ0v) is 19.7. The molecule has 2 aromatic heterocycles. The molecule has 1 aromatic carbocycles. The first kappa shape index (κ1) is 22.9. The molecule has 3 N–H and O–H groups in total. The molecule has 0 spiro atoms. The third-order valence-corrected chi connectivity index (χ3v) is 6.86. The van der Waals surface area contributed by atoms with Gasteiger partial charge in [0.05, 0.1) is 18.4 Å². The number of carbonyl (C=O) groups excluding carboxylic acids is 2. The Labute approximate surface area is 199 Å². The molecule has 1 aliphatic rings. The zero-order valence-electron chi connectivity index (χ0n) is 18.1. The van der Waals surface area contributed by atoms with Crippen LogP contribution < -0.4 is 16.0 Å². The minimum atomic E-state index is -0.736. The third kappa shape index (κ3) is 5.37. The summed E-state index contributed by atoms with van der Waals surface area (Å²) in [5, 5.41) is 17.9. The molecule has 0 fully saturated rings. The number of thioether (sulfide) groups is 1. The van der Waals surface area contributed by atoms with Crippen LogP contribution in [0.1, 0.15) is 31.2 Å². The number of esters is 1. The van der Waals surface area contributed by atoms with Crippen LogP contribution in [0.25, 0.3) is 0 Å². The highest BCUT2D eigenvalue weighted by atomic mass is 32.2. The second-order valence-electron chi connectivity index (χ2n) is 6.96. The summed E-state index contributed by atoms with van der Waals surface area (Å²) in [6.07, 6.45) is 2.39. The van der Waals surface area contributed by atoms with Crippen molar-refractivity contribution in [1.82, 2.24) is 20.8 Å². The van der Waals surface area contributed by atoms with Gasteiger partial charge in [0.15, 0.2) is 4.34 Å². The maximum absolute atomic E-state index is 12.7. The fourth-order valence-corrected chi connectivity index (χ4v) is 5.10. The molecular weight excluding hydrogens is 462 g/mol. The van der Waals surface area contributed by atoms with Crippen LogP contribution in [0.5, 0.6) is 0 Å². The van der Waals surface area contributed by atoms with E-state index in [1.165, 1.54) is 34.9 Å². The first-order chi connectivity index (χ1) is 16.1. The topological polar surface area (TPSA) is 118 Å². The van der Waals surface area contributed by atoms with Gasteiger partial charge in [0.1, 0.15) is 11.8 Å². The van der Waals surface area contributed by atoms with Gasteiger partial charge in [0.25, 0.3) is 0 Å². The molecule has 0 saturated carbocycles. The van der Waals surface area contributed by atoms with E-state index in [-0.39, 0.29) is 6.61 Å². The number of aryl methyl sites for hydroxylation is 1. The number of hydrogen-bond donors (Lipinski definition) is 3. The van der Waals surface area contributed by atoms with Gasteiger partial charge in [-0.1, -0.05) is 48.2 Å². The number of anilines is 2. The molecule has 3 heterocycles. The van der Waals surface area contributed by atoms with E-state index >= 15 is 0 Å². The Balaban J connectivity index is 1.53. The highest BCUT2D eigenvalue weighted by molar-refractivity contribution is 8.01. The summed E-state index contributed by atoms with van der Waals surface area (Å²) < 4.78 is 11.4. The van der Waals surface area contributed by atoms with Gasteiger partial charge in [-0.2, -0.15) is 0 Å². The minimum Gasteiger partial charge on any atom is -0.467 e. The van der Waals surface area contributed by atoms with Crippen molar-refractivity contribution in [1.29, 1.82) is 0 Å². The van der Waals surface area contributed by atoms with Gasteiger partial charge >= 0.3 is 12.0 Å². The van der Waals surface area contributed by atoms with Crippen molar-refractivity contribution in [2.75, 3.05) is 17.7 Å². The number of nitrogens with one attached hydrogen (secondary N) is 3. The van der Waals surface area contributed by atoms with E-state index in [0.717, 1.165) is 12.1 Å². The van der Waals surface area contributed by atoms with E-state index in [4.69, 9.17) is 9.15 Å². The molecule has 172 valence electrons. The predicted octanol–water partition coefficient (Wildman–Crippen LogP) is 4.40. The Kier molecular flexibility index (Phi) is 7.30. The number of benzene rings is 1. The lowest BCUT2D eigenvalue weighted by Crippen LogP contribution is -2.46. The standard InChI is InChI=1S/C22H23N5O4S2/c1-3-13-8-5-6-9-14(13)24-21-26-27-22(33-21)32-12-15-17(19(28)30-4-2)18(25-20(29)23-15)16-10-7-11-31-16/h5-11,18H,3-4,12H2,1-2H3,(H,24,26)(H2,23,25,29)/t18-/m0/s1. The van der Waals surface area contributed by atoms with Crippen molar-refractivity contribution in [2.45, 2.75) is 30.6 Å². The van der Waals surface area contributed by atoms with Gasteiger partial charge in [-0.25, -0.2) is 9.59 Å². The van der Waals surface area contributed by atoms with Gasteiger partial charge in [-0.3, -0.25) is 0 Å². The van der Waals surface area contributed by atoms with Gasteiger partial charge in [-0.15, -0.1) is 10.2 Å². The molecule has 2 amide bonds. The van der Waals surface area contributed by atoms with Crippen molar-refractivity contribution < 1.29 is 18.7 Å². The fraction of sp³-hybridized carbons (Fsp3) is 0.273. The number of rotatable bonds is 9. The van der Waals surface area contributed by atoms with Gasteiger partial charge in [-0.05, 0) is 37.1 Å². The van der Waals surface area contributed by atoms with Crippen molar-refractivity contribution >= 4 is 45.9 Å². The van der Waals surface area contributed by atoms with E-state index in [2.05, 4.69) is 39.1 Å². The molecule has 0 unspecified atom stereocenters. The number of ether oxygens (including phenoxy) is 1. The first-order valence-corrected chi connectivity index (χ1v) is 12.2. The van der Waals surface area contributed by atoms with Gasteiger partial charge in [0.2, 0.25) is 5.13 Å². The lowest BCUT2D eigenvalue weighted by atomic mass is 10.0. The van der Waals surface area contributed by atoms with Crippen LogP contribution in [0.3, 0.4) is 0 Å². The minimum absolute atomic E-state index is 0.215. The summed E-state index contributed by atoms with van der Waals surface area (Å²) in [7, 11) is 0. The lowest BCUT2D eigenvalue weighted by molar-refractivity contribution is -0.139. The van der Waals surface area contributed by atoms with Crippen molar-refractivity contribution in [3.63, 3.8) is 0 Å². The number of nitrogens with zero attached hydrogens (tertiary/aromatic N) is 2. The maximum Gasteiger partial charge on any atom is 0.338 e. The van der Waals surface area contributed by atoms with E-state index < -0.39 is 18.0 Å². The normalized spacial score (nSPS) is 15.7. The number of hydrogen-bond acceptors (Lipinski definition) is 9. The molecule has 0 radical (unpaired) electrons. The van der Waals surface area contributed by atoms with E-state index in [9.17, 15) is 9.59 Å². The monoisotopic (exact) mass is 485 g/mol. The summed E-state index contributed by atoms with van der Waals surface area (Å²) in [5.74, 6) is 0.240. The van der Waals surface area contributed by atoms with Crippen molar-refractivity contribution in [2.24, 2.45) is 0 Å². The second-order valence-corrected chi connectivity index (χ2v) is 9.16. The molecule has 4 rings (SSSR count). The quantitative estimate of drug-likeness (QED) is 0.301. The van der Waals surface area contributed by atoms with E-state index in [0.29, 0.717) is 32.3 Å². The average molecular weight is 486 g/mol. The molecule has 0 bridgehead atoms. The third-order valence-electron chi connectivity index (χ3n) is 4.86. The van der Waals surface area contributed by atoms with Gasteiger partial charge < -0.3 is 25.1 Å². The molecule has 11 heteroatoms. The number of carbonyl (C=O) groups is 2. The van der Waals surface area contributed by atoms with Crippen LogP contribution in [0, 0.1) is 0 Å². The molecule has 1 atom stereocenters. The Morgan fingerprint density at radius 3 is 2.85 bits per heavy atom. The summed E-state index contributed by atoms with van der Waals surface area (Å²) >= 11 is 2.77. The van der Waals surface area contributed by atoms with Crippen LogP contribution in [-0.4, -0.2) is 34.6 Å². The summed E-state index contributed by atoms with van der Waals surface area (Å²) in [6, 6.07) is 10.3. The number of furan rings is 1. The fourth-order valence-electron chi connectivity index (χ4n) is 3.37. The molecular formula is C22H23N5O4S2. The zero-order chi connectivity index (χ0) is 23.2. The molecule has 0 saturated heterocycles. The van der Waals surface area contributed by atoms with Crippen molar-refractivity contribution in [3.05, 3.63) is 65.3 Å². The molecule has 0 aliphatic carbocycles. The first-order valence-electron chi connectivity index (χ1n) is 10.4. The summed E-state index contributed by atoms with van der Waals surface area (Å²) in [5.41, 5.74) is 2.93. The predicted molar refractivity (Wildman–Crippen MR) is 127 cm³/mol. The highest BCUT2D eigenvalue weighted by Gasteiger charge is 2.35. The Morgan fingerprint density at radius 1 is 1.24 bits per heavy atom. The summed E-state index contributed by atoms with van der Waals surface area (Å²) in [6.45, 7) is 4.04. The van der Waals surface area contributed by atoms with Crippen LogP contribution in [0.4, 0.5) is 15.6 Å². The number of aromatic nitrogens is 2. The molecule has 33 heavy (non-hydrogen) atoms. The SMILES string of the molecule is CCOC(=O)C1=C(CSc2nnc(Nc3ccccc3CC)s2)NC(=O)N[C@H]1c1ccco1. The average Bonchev–Trinajstić information content (AvgIpc) is 3.50. The Morgan fingerprint density at radius 2 is 2.09 bits per heavy atom. The maximum atomic E-state index is 12.7. The smallest absolute Gasteiger partial charge is 0.338 e. The van der Waals surface area contributed by atoms with E-state index in [1.807, 2.05) is 18.2 Å². The van der Waals surface area contributed by atoms with Crippen LogP contribution in [0.2, 0.25) is 0 Å².